The van der Waals surface area contributed by atoms with Crippen LogP contribution in [-0.2, 0) is 16.0 Å². The largest absolute Gasteiger partial charge is 0.493 e. The van der Waals surface area contributed by atoms with E-state index in [-0.39, 0.29) is 17.6 Å². The van der Waals surface area contributed by atoms with Gasteiger partial charge in [-0.05, 0) is 60.4 Å². The van der Waals surface area contributed by atoms with E-state index in [9.17, 15) is 9.18 Å². The molecule has 0 bridgehead atoms. The standard InChI is InChI=1S/C28H26FNO5/c1-32-24-13-11-20(15-26(24)33-2)25(16-27(31)34-3)35-21-8-4-6-18(14-21)17-30-23-12-10-19-7-5-9-22(29)28(19)23/h4-9,11,13-17,23H,10,12H2,1-3H3/b25-16-,30-17?/t23-/m1/s1. The highest BCUT2D eigenvalue weighted by atomic mass is 19.1. The van der Waals surface area contributed by atoms with E-state index >= 15 is 0 Å². The molecular formula is C28H26FNO5. The molecule has 0 heterocycles. The van der Waals surface area contributed by atoms with Crippen LogP contribution in [0.2, 0.25) is 0 Å². The Kier molecular flexibility index (Phi) is 7.45. The van der Waals surface area contributed by atoms with Crippen molar-refractivity contribution in [3.8, 4) is 17.2 Å². The van der Waals surface area contributed by atoms with Gasteiger partial charge < -0.3 is 18.9 Å². The summed E-state index contributed by atoms with van der Waals surface area (Å²) in [7, 11) is 4.38. The number of halogens is 1. The zero-order valence-electron chi connectivity index (χ0n) is 19.8. The van der Waals surface area contributed by atoms with Gasteiger partial charge in [-0.15, -0.1) is 0 Å². The molecule has 6 nitrogen and oxygen atoms in total. The van der Waals surface area contributed by atoms with Crippen LogP contribution in [0.3, 0.4) is 0 Å². The highest BCUT2D eigenvalue weighted by Gasteiger charge is 2.24. The van der Waals surface area contributed by atoms with Crippen LogP contribution in [0.4, 0.5) is 4.39 Å². The first-order valence-electron chi connectivity index (χ1n) is 11.1. The van der Waals surface area contributed by atoms with Crippen LogP contribution in [0.5, 0.6) is 17.2 Å². The third kappa shape index (κ3) is 5.51. The predicted molar refractivity (Wildman–Crippen MR) is 132 cm³/mol. The monoisotopic (exact) mass is 475 g/mol. The number of esters is 1. The number of aryl methyl sites for hydroxylation is 1. The van der Waals surface area contributed by atoms with Gasteiger partial charge in [-0.2, -0.15) is 0 Å². The van der Waals surface area contributed by atoms with Gasteiger partial charge in [-0.25, -0.2) is 9.18 Å². The molecule has 0 fully saturated rings. The van der Waals surface area contributed by atoms with Gasteiger partial charge in [0.15, 0.2) is 11.5 Å². The minimum atomic E-state index is -0.561. The van der Waals surface area contributed by atoms with Crippen LogP contribution >= 0.6 is 0 Å². The lowest BCUT2D eigenvalue weighted by molar-refractivity contribution is -0.134. The van der Waals surface area contributed by atoms with Crippen molar-refractivity contribution in [1.82, 2.24) is 0 Å². The summed E-state index contributed by atoms with van der Waals surface area (Å²) in [5.74, 6) is 1.04. The van der Waals surface area contributed by atoms with Crippen LogP contribution in [0, 0.1) is 5.82 Å². The summed E-state index contributed by atoms with van der Waals surface area (Å²) < 4.78 is 35.9. The fourth-order valence-corrected chi connectivity index (χ4v) is 4.05. The molecule has 35 heavy (non-hydrogen) atoms. The minimum Gasteiger partial charge on any atom is -0.493 e. The summed E-state index contributed by atoms with van der Waals surface area (Å²) in [6.45, 7) is 0. The van der Waals surface area contributed by atoms with E-state index in [4.69, 9.17) is 18.9 Å². The van der Waals surface area contributed by atoms with Gasteiger partial charge in [-0.1, -0.05) is 24.3 Å². The number of fused-ring (bicyclic) bond motifs is 1. The molecular weight excluding hydrogens is 449 g/mol. The Hall–Kier alpha value is -4.13. The summed E-state index contributed by atoms with van der Waals surface area (Å²) in [6.07, 6.45) is 4.57. The Morgan fingerprint density at radius 3 is 2.57 bits per heavy atom. The van der Waals surface area contributed by atoms with Crippen LogP contribution < -0.4 is 14.2 Å². The van der Waals surface area contributed by atoms with Gasteiger partial charge in [0.2, 0.25) is 0 Å². The third-order valence-electron chi connectivity index (χ3n) is 5.77. The maximum atomic E-state index is 14.3. The fraction of sp³-hybridized carbons (Fsp3) is 0.214. The molecule has 0 aliphatic heterocycles. The van der Waals surface area contributed by atoms with E-state index in [0.717, 1.165) is 24.0 Å². The van der Waals surface area contributed by atoms with E-state index in [1.54, 1.807) is 49.7 Å². The molecule has 4 rings (SSSR count). The molecule has 7 heteroatoms. The molecule has 0 saturated heterocycles. The molecule has 1 atom stereocenters. The molecule has 0 saturated carbocycles. The second-order valence-corrected chi connectivity index (χ2v) is 7.92. The summed E-state index contributed by atoms with van der Waals surface area (Å²) in [4.78, 5) is 16.7. The molecule has 0 amide bonds. The normalized spacial score (nSPS) is 15.1. The van der Waals surface area contributed by atoms with E-state index in [2.05, 4.69) is 4.99 Å². The van der Waals surface area contributed by atoms with E-state index in [1.165, 1.54) is 26.4 Å². The number of rotatable bonds is 8. The van der Waals surface area contributed by atoms with Crippen molar-refractivity contribution < 1.29 is 28.1 Å². The van der Waals surface area contributed by atoms with Gasteiger partial charge >= 0.3 is 5.97 Å². The number of ether oxygens (including phenoxy) is 4. The van der Waals surface area contributed by atoms with Crippen molar-refractivity contribution >= 4 is 17.9 Å². The SMILES string of the molecule is COC(=O)/C=C(\Oc1cccc(C=N[C@@H]2CCc3cccc(F)c32)c1)c1ccc(OC)c(OC)c1. The Balaban J connectivity index is 1.59. The number of aliphatic imine (C=N–C) groups is 1. The average Bonchev–Trinajstić information content (AvgIpc) is 3.31. The summed E-state index contributed by atoms with van der Waals surface area (Å²) in [5, 5.41) is 0. The second-order valence-electron chi connectivity index (χ2n) is 7.92. The fourth-order valence-electron chi connectivity index (χ4n) is 4.05. The Morgan fingerprint density at radius 2 is 1.80 bits per heavy atom. The molecule has 0 N–H and O–H groups in total. The van der Waals surface area contributed by atoms with Gasteiger partial charge in [-0.3, -0.25) is 4.99 Å². The van der Waals surface area contributed by atoms with Gasteiger partial charge in [0.1, 0.15) is 17.3 Å². The van der Waals surface area contributed by atoms with E-state index < -0.39 is 5.97 Å². The maximum Gasteiger partial charge on any atom is 0.334 e. The smallest absolute Gasteiger partial charge is 0.334 e. The quantitative estimate of drug-likeness (QED) is 0.185. The molecule has 3 aromatic carbocycles. The number of carbonyl (C=O) groups is 1. The Morgan fingerprint density at radius 1 is 1.00 bits per heavy atom. The molecule has 1 aliphatic rings. The highest BCUT2D eigenvalue weighted by molar-refractivity contribution is 5.90. The Bertz CT molecular complexity index is 1280. The first-order chi connectivity index (χ1) is 17.0. The molecule has 180 valence electrons. The lowest BCUT2D eigenvalue weighted by Crippen LogP contribution is -2.03. The van der Waals surface area contributed by atoms with Crippen molar-refractivity contribution in [1.29, 1.82) is 0 Å². The number of carbonyl (C=O) groups excluding carboxylic acids is 1. The number of hydrogen-bond donors (Lipinski definition) is 0. The zero-order valence-corrected chi connectivity index (χ0v) is 19.8. The highest BCUT2D eigenvalue weighted by Crippen LogP contribution is 2.36. The average molecular weight is 476 g/mol. The van der Waals surface area contributed by atoms with Crippen molar-refractivity contribution in [2.24, 2.45) is 4.99 Å². The van der Waals surface area contributed by atoms with Crippen molar-refractivity contribution in [2.45, 2.75) is 18.9 Å². The summed E-state index contributed by atoms with van der Waals surface area (Å²) in [6, 6.07) is 17.4. The third-order valence-corrected chi connectivity index (χ3v) is 5.77. The van der Waals surface area contributed by atoms with Gasteiger partial charge in [0.25, 0.3) is 0 Å². The Labute approximate surface area is 203 Å². The zero-order chi connectivity index (χ0) is 24.8. The predicted octanol–water partition coefficient (Wildman–Crippen LogP) is 5.54. The van der Waals surface area contributed by atoms with Gasteiger partial charge in [0.05, 0.1) is 33.4 Å². The lowest BCUT2D eigenvalue weighted by atomic mass is 10.1. The van der Waals surface area contributed by atoms with Crippen LogP contribution in [-0.4, -0.2) is 33.5 Å². The molecule has 3 aromatic rings. The number of methoxy groups -OCH3 is 3. The maximum absolute atomic E-state index is 14.3. The molecule has 0 aromatic heterocycles. The minimum absolute atomic E-state index is 0.211. The molecule has 0 radical (unpaired) electrons. The summed E-state index contributed by atoms with van der Waals surface area (Å²) >= 11 is 0. The van der Waals surface area contributed by atoms with Crippen molar-refractivity contribution in [3.63, 3.8) is 0 Å². The first kappa shape index (κ1) is 24.0. The van der Waals surface area contributed by atoms with Gasteiger partial charge in [0, 0.05) is 17.3 Å². The van der Waals surface area contributed by atoms with Crippen LogP contribution in [0.1, 0.15) is 34.7 Å². The number of hydrogen-bond acceptors (Lipinski definition) is 6. The van der Waals surface area contributed by atoms with E-state index in [0.29, 0.717) is 28.4 Å². The molecule has 1 aliphatic carbocycles. The van der Waals surface area contributed by atoms with Crippen molar-refractivity contribution in [2.75, 3.05) is 21.3 Å². The number of nitrogens with zero attached hydrogens (tertiary/aromatic N) is 1. The molecule has 0 spiro atoms. The van der Waals surface area contributed by atoms with Crippen LogP contribution in [0.15, 0.2) is 71.7 Å². The van der Waals surface area contributed by atoms with Crippen LogP contribution in [0.25, 0.3) is 5.76 Å². The molecule has 0 unspecified atom stereocenters. The topological polar surface area (TPSA) is 66.4 Å². The summed E-state index contributed by atoms with van der Waals surface area (Å²) in [5.41, 5.74) is 3.08. The second kappa shape index (κ2) is 10.9. The first-order valence-corrected chi connectivity index (χ1v) is 11.1. The van der Waals surface area contributed by atoms with E-state index in [1.807, 2.05) is 18.2 Å². The van der Waals surface area contributed by atoms with Crippen molar-refractivity contribution in [3.05, 3.63) is 94.8 Å². The lowest BCUT2D eigenvalue weighted by Gasteiger charge is -2.14. The number of benzene rings is 3.